The summed E-state index contributed by atoms with van der Waals surface area (Å²) < 4.78 is 0. The van der Waals surface area contributed by atoms with Crippen molar-refractivity contribution in [2.75, 3.05) is 0 Å². The molecule has 0 aliphatic heterocycles. The summed E-state index contributed by atoms with van der Waals surface area (Å²) in [5, 5.41) is 0. The molecule has 0 aliphatic carbocycles. The van der Waals surface area contributed by atoms with Crippen LogP contribution in [0.5, 0.6) is 0 Å². The van der Waals surface area contributed by atoms with E-state index in [2.05, 4.69) is 91.0 Å². The van der Waals surface area contributed by atoms with E-state index in [0.29, 0.717) is 0 Å². The van der Waals surface area contributed by atoms with E-state index in [-0.39, 0.29) is 0 Å². The average Bonchev–Trinajstić information content (AvgIpc) is 2.66. The van der Waals surface area contributed by atoms with Gasteiger partial charge in [0.25, 0.3) is 0 Å². The van der Waals surface area contributed by atoms with E-state index in [9.17, 15) is 0 Å². The monoisotopic (exact) mass is 308 g/mol. The molecule has 0 saturated heterocycles. The highest BCUT2D eigenvalue weighted by Crippen LogP contribution is 2.19. The van der Waals surface area contributed by atoms with E-state index >= 15 is 0 Å². The van der Waals surface area contributed by atoms with Crippen molar-refractivity contribution in [1.29, 1.82) is 0 Å². The highest BCUT2D eigenvalue weighted by atomic mass is 14.0. The molecule has 24 heavy (non-hydrogen) atoms. The second kappa shape index (κ2) is 8.50. The molecule has 116 valence electrons. The molecule has 0 unspecified atom stereocenters. The first kappa shape index (κ1) is 15.8. The maximum atomic E-state index is 2.21. The summed E-state index contributed by atoms with van der Waals surface area (Å²) in [6.45, 7) is 0. The highest BCUT2D eigenvalue weighted by molar-refractivity contribution is 5.87. The van der Waals surface area contributed by atoms with E-state index in [0.717, 1.165) is 0 Å². The summed E-state index contributed by atoms with van der Waals surface area (Å²) in [5.74, 6) is 0. The van der Waals surface area contributed by atoms with Gasteiger partial charge in [-0.05, 0) is 28.3 Å². The van der Waals surface area contributed by atoms with Crippen LogP contribution in [0.1, 0.15) is 16.7 Å². The van der Waals surface area contributed by atoms with Gasteiger partial charge in [0.05, 0.1) is 0 Å². The molecular weight excluding hydrogens is 288 g/mol. The molecule has 0 aromatic heterocycles. The van der Waals surface area contributed by atoms with Crippen molar-refractivity contribution in [3.63, 3.8) is 0 Å². The van der Waals surface area contributed by atoms with E-state index in [1.54, 1.807) is 0 Å². The Morgan fingerprint density at radius 2 is 1.08 bits per heavy atom. The molecule has 0 aliphatic rings. The molecular formula is C24H20. The predicted octanol–water partition coefficient (Wildman–Crippen LogP) is 6.50. The van der Waals surface area contributed by atoms with Crippen LogP contribution in [0.15, 0.2) is 109 Å². The standard InChI is InChI=1S/C24H20/c1-4-12-21(13-5-1)14-10-11-19-24(23-17-8-3-9-18-23)20-22-15-6-2-7-16-22/h1-20H/b14-10+,19-11+,24-20+. The Labute approximate surface area is 144 Å². The number of rotatable bonds is 5. The highest BCUT2D eigenvalue weighted by Gasteiger charge is 1.97. The molecule has 0 heteroatoms. The molecule has 0 saturated carbocycles. The number of allylic oxidation sites excluding steroid dienone is 4. The van der Waals surface area contributed by atoms with Crippen molar-refractivity contribution in [2.45, 2.75) is 0 Å². The van der Waals surface area contributed by atoms with Gasteiger partial charge in [-0.15, -0.1) is 0 Å². The Hall–Kier alpha value is -3.12. The van der Waals surface area contributed by atoms with Crippen LogP contribution in [-0.4, -0.2) is 0 Å². The molecule has 3 aromatic rings. The summed E-state index contributed by atoms with van der Waals surface area (Å²) in [7, 11) is 0. The zero-order chi connectivity index (χ0) is 16.5. The first-order chi connectivity index (χ1) is 11.9. The van der Waals surface area contributed by atoms with Crippen molar-refractivity contribution in [1.82, 2.24) is 0 Å². The normalized spacial score (nSPS) is 12.1. The van der Waals surface area contributed by atoms with Crippen LogP contribution < -0.4 is 0 Å². The van der Waals surface area contributed by atoms with Gasteiger partial charge in [0, 0.05) is 0 Å². The minimum absolute atomic E-state index is 1.19. The van der Waals surface area contributed by atoms with Gasteiger partial charge in [0.1, 0.15) is 0 Å². The number of hydrogen-bond donors (Lipinski definition) is 0. The lowest BCUT2D eigenvalue weighted by atomic mass is 10.0. The van der Waals surface area contributed by atoms with E-state index < -0.39 is 0 Å². The average molecular weight is 308 g/mol. The zero-order valence-corrected chi connectivity index (χ0v) is 13.5. The van der Waals surface area contributed by atoms with Gasteiger partial charge in [0.15, 0.2) is 0 Å². The van der Waals surface area contributed by atoms with E-state index in [4.69, 9.17) is 0 Å². The molecule has 0 radical (unpaired) electrons. The fourth-order valence-electron chi connectivity index (χ4n) is 2.48. The quantitative estimate of drug-likeness (QED) is 0.373. The number of benzene rings is 3. The lowest BCUT2D eigenvalue weighted by Gasteiger charge is -2.03. The van der Waals surface area contributed by atoms with Crippen molar-refractivity contribution >= 4 is 17.7 Å². The minimum atomic E-state index is 1.19. The van der Waals surface area contributed by atoms with Crippen LogP contribution >= 0.6 is 0 Å². The second-order valence-electron chi connectivity index (χ2n) is 5.51. The Bertz CT molecular complexity index is 823. The van der Waals surface area contributed by atoms with Gasteiger partial charge in [-0.25, -0.2) is 0 Å². The third kappa shape index (κ3) is 4.69. The van der Waals surface area contributed by atoms with Crippen molar-refractivity contribution < 1.29 is 0 Å². The summed E-state index contributed by atoms with van der Waals surface area (Å²) in [6.07, 6.45) is 10.7. The van der Waals surface area contributed by atoms with Gasteiger partial charge in [-0.3, -0.25) is 0 Å². The van der Waals surface area contributed by atoms with Gasteiger partial charge in [-0.2, -0.15) is 0 Å². The van der Waals surface area contributed by atoms with Gasteiger partial charge in [0.2, 0.25) is 0 Å². The maximum Gasteiger partial charge on any atom is -0.0178 e. The lowest BCUT2D eigenvalue weighted by Crippen LogP contribution is -1.81. The topological polar surface area (TPSA) is 0 Å². The Morgan fingerprint density at radius 1 is 0.542 bits per heavy atom. The van der Waals surface area contributed by atoms with Crippen molar-refractivity contribution in [3.8, 4) is 0 Å². The molecule has 0 heterocycles. The van der Waals surface area contributed by atoms with E-state index in [1.165, 1.54) is 22.3 Å². The minimum Gasteiger partial charge on any atom is -0.0622 e. The Kier molecular flexibility index (Phi) is 5.58. The Balaban J connectivity index is 1.84. The van der Waals surface area contributed by atoms with Crippen LogP contribution in [0, 0.1) is 0 Å². The Morgan fingerprint density at radius 3 is 1.71 bits per heavy atom. The van der Waals surface area contributed by atoms with Crippen molar-refractivity contribution in [2.24, 2.45) is 0 Å². The molecule has 0 N–H and O–H groups in total. The van der Waals surface area contributed by atoms with Crippen LogP contribution in [0.25, 0.3) is 17.7 Å². The molecule has 0 amide bonds. The van der Waals surface area contributed by atoms with Crippen molar-refractivity contribution in [3.05, 3.63) is 126 Å². The number of hydrogen-bond acceptors (Lipinski definition) is 0. The van der Waals surface area contributed by atoms with Crippen LogP contribution in [0.2, 0.25) is 0 Å². The second-order valence-corrected chi connectivity index (χ2v) is 5.51. The summed E-state index contributed by atoms with van der Waals surface area (Å²) in [5.41, 5.74) is 4.81. The predicted molar refractivity (Wildman–Crippen MR) is 105 cm³/mol. The molecule has 0 nitrogen and oxygen atoms in total. The van der Waals surface area contributed by atoms with Gasteiger partial charge >= 0.3 is 0 Å². The summed E-state index contributed by atoms with van der Waals surface area (Å²) in [4.78, 5) is 0. The SMILES string of the molecule is C(/C=C/c1ccccc1)=C\C(=C/c1ccccc1)c1ccccc1. The van der Waals surface area contributed by atoms with Crippen LogP contribution in [0.3, 0.4) is 0 Å². The smallest absolute Gasteiger partial charge is 0.0178 e. The summed E-state index contributed by atoms with van der Waals surface area (Å²) in [6, 6.07) is 31.2. The largest absolute Gasteiger partial charge is 0.0622 e. The molecule has 0 bridgehead atoms. The van der Waals surface area contributed by atoms with Gasteiger partial charge < -0.3 is 0 Å². The summed E-state index contributed by atoms with van der Waals surface area (Å²) >= 11 is 0. The first-order valence-corrected chi connectivity index (χ1v) is 8.14. The molecule has 0 spiro atoms. The van der Waals surface area contributed by atoms with E-state index in [1.807, 2.05) is 30.3 Å². The molecule has 0 fully saturated rings. The molecule has 3 rings (SSSR count). The third-order valence-electron chi connectivity index (χ3n) is 3.70. The maximum absolute atomic E-state index is 2.21. The zero-order valence-electron chi connectivity index (χ0n) is 13.5. The first-order valence-electron chi connectivity index (χ1n) is 8.14. The fraction of sp³-hybridized carbons (Fsp3) is 0. The molecule has 3 aromatic carbocycles. The third-order valence-corrected chi connectivity index (χ3v) is 3.70. The lowest BCUT2D eigenvalue weighted by molar-refractivity contribution is 1.61. The fourth-order valence-corrected chi connectivity index (χ4v) is 2.48. The van der Waals surface area contributed by atoms with Crippen LogP contribution in [-0.2, 0) is 0 Å². The molecule has 0 atom stereocenters. The van der Waals surface area contributed by atoms with Crippen LogP contribution in [0.4, 0.5) is 0 Å². The van der Waals surface area contributed by atoms with Gasteiger partial charge in [-0.1, -0.05) is 115 Å².